The number of piperidine rings is 1. The predicted octanol–water partition coefficient (Wildman–Crippen LogP) is 5.23. The highest BCUT2D eigenvalue weighted by atomic mass is 19.4. The van der Waals surface area contributed by atoms with Crippen molar-refractivity contribution in [1.29, 1.82) is 0 Å². The van der Waals surface area contributed by atoms with Crippen LogP contribution in [0.5, 0.6) is 11.5 Å². The molecule has 1 aliphatic heterocycles. The number of nitrogens with zero attached hydrogens (tertiary/aromatic N) is 2. The molecule has 0 bridgehead atoms. The number of ether oxygens (including phenoxy) is 2. The average Bonchev–Trinajstić information content (AvgIpc) is 2.67. The fourth-order valence-electron chi connectivity index (χ4n) is 4.24. The van der Waals surface area contributed by atoms with Crippen LogP contribution in [-0.2, 0) is 6.18 Å². The third kappa shape index (κ3) is 4.52. The van der Waals surface area contributed by atoms with E-state index in [-0.39, 0.29) is 17.3 Å². The summed E-state index contributed by atoms with van der Waals surface area (Å²) in [7, 11) is 0. The first-order valence-electron chi connectivity index (χ1n) is 9.95. The zero-order valence-corrected chi connectivity index (χ0v) is 16.6. The van der Waals surface area contributed by atoms with E-state index in [1.54, 1.807) is 4.90 Å². The van der Waals surface area contributed by atoms with Crippen molar-refractivity contribution in [2.75, 3.05) is 13.1 Å². The van der Waals surface area contributed by atoms with Crippen LogP contribution in [0.15, 0.2) is 42.7 Å². The van der Waals surface area contributed by atoms with Gasteiger partial charge in [0.1, 0.15) is 5.75 Å². The minimum atomic E-state index is -4.53. The van der Waals surface area contributed by atoms with Gasteiger partial charge in [0.05, 0.1) is 17.9 Å². The van der Waals surface area contributed by atoms with E-state index < -0.39 is 17.8 Å². The monoisotopic (exact) mass is 420 g/mol. The van der Waals surface area contributed by atoms with Crippen LogP contribution in [0.25, 0.3) is 0 Å². The molecule has 0 atom stereocenters. The zero-order chi connectivity index (χ0) is 21.4. The van der Waals surface area contributed by atoms with E-state index in [2.05, 4.69) is 4.98 Å². The smallest absolute Gasteiger partial charge is 0.418 e. The van der Waals surface area contributed by atoms with E-state index in [0.717, 1.165) is 49.3 Å². The van der Waals surface area contributed by atoms with Crippen LogP contribution in [0, 0.1) is 12.3 Å². The maximum absolute atomic E-state index is 12.8. The third-order valence-corrected chi connectivity index (χ3v) is 5.94. The summed E-state index contributed by atoms with van der Waals surface area (Å²) in [6.45, 7) is 3.06. The van der Waals surface area contributed by atoms with E-state index in [1.807, 2.05) is 31.2 Å². The molecule has 2 fully saturated rings. The van der Waals surface area contributed by atoms with Crippen LogP contribution >= 0.6 is 0 Å². The summed E-state index contributed by atoms with van der Waals surface area (Å²) in [4.78, 5) is 17.4. The van der Waals surface area contributed by atoms with Gasteiger partial charge in [0.2, 0.25) is 0 Å². The molecule has 2 heterocycles. The Balaban J connectivity index is 1.26. The molecule has 0 unspecified atom stereocenters. The Bertz CT molecular complexity index is 916. The first-order chi connectivity index (χ1) is 14.2. The van der Waals surface area contributed by atoms with E-state index in [4.69, 9.17) is 9.47 Å². The molecule has 1 saturated heterocycles. The number of aryl methyl sites for hydroxylation is 1. The van der Waals surface area contributed by atoms with Crippen molar-refractivity contribution in [2.24, 2.45) is 5.41 Å². The summed E-state index contributed by atoms with van der Waals surface area (Å²) in [6.07, 6.45) is 0.370. The van der Waals surface area contributed by atoms with Gasteiger partial charge < -0.3 is 14.4 Å². The number of amides is 1. The second kappa shape index (κ2) is 7.81. The fraction of sp³-hybridized carbons (Fsp3) is 0.455. The summed E-state index contributed by atoms with van der Waals surface area (Å²) in [6, 6.07) is 8.77. The summed E-state index contributed by atoms with van der Waals surface area (Å²) in [5.41, 5.74) is 0.382. The molecular formula is C22H23F3N2O3. The van der Waals surface area contributed by atoms with Gasteiger partial charge >= 0.3 is 12.3 Å². The van der Waals surface area contributed by atoms with Crippen LogP contribution < -0.4 is 9.47 Å². The van der Waals surface area contributed by atoms with Gasteiger partial charge in [0, 0.05) is 19.3 Å². The van der Waals surface area contributed by atoms with Gasteiger partial charge in [0.15, 0.2) is 5.75 Å². The quantitative estimate of drug-likeness (QED) is 0.682. The predicted molar refractivity (Wildman–Crippen MR) is 103 cm³/mol. The lowest BCUT2D eigenvalue weighted by Crippen LogP contribution is -2.52. The molecule has 4 rings (SSSR count). The summed E-state index contributed by atoms with van der Waals surface area (Å²) < 4.78 is 49.5. The number of carbonyl (C=O) groups is 1. The van der Waals surface area contributed by atoms with E-state index >= 15 is 0 Å². The lowest BCUT2D eigenvalue weighted by molar-refractivity contribution is -0.137. The van der Waals surface area contributed by atoms with Gasteiger partial charge in [-0.1, -0.05) is 12.1 Å². The van der Waals surface area contributed by atoms with Gasteiger partial charge in [-0.15, -0.1) is 0 Å². The number of rotatable bonds is 3. The van der Waals surface area contributed by atoms with Crippen molar-refractivity contribution in [3.63, 3.8) is 0 Å². The standard InChI is InChI=1S/C22H23F3N2O3/c1-15-3-2-4-17(9-15)29-19-11-21(12-19)5-7-27(8-6-21)20(28)30-18-10-16(13-26-14-18)22(23,24)25/h2-4,9-10,13-14,19H,5-8,11-12H2,1H3. The molecule has 2 aliphatic rings. The van der Waals surface area contributed by atoms with Crippen LogP contribution in [0.1, 0.15) is 36.8 Å². The molecule has 1 aromatic carbocycles. The van der Waals surface area contributed by atoms with Crippen LogP contribution in [-0.4, -0.2) is 35.2 Å². The minimum Gasteiger partial charge on any atom is -0.490 e. The third-order valence-electron chi connectivity index (χ3n) is 5.94. The first kappa shape index (κ1) is 20.5. The largest absolute Gasteiger partial charge is 0.490 e. The number of aromatic nitrogens is 1. The number of likely N-dealkylation sites (tertiary alicyclic amines) is 1. The Morgan fingerprint density at radius 1 is 1.13 bits per heavy atom. The molecule has 1 spiro atoms. The molecule has 30 heavy (non-hydrogen) atoms. The molecule has 1 saturated carbocycles. The minimum absolute atomic E-state index is 0.170. The molecule has 8 heteroatoms. The van der Waals surface area contributed by atoms with E-state index in [1.165, 1.54) is 0 Å². The lowest BCUT2D eigenvalue weighted by atomic mass is 9.61. The van der Waals surface area contributed by atoms with Gasteiger partial charge in [0.25, 0.3) is 0 Å². The van der Waals surface area contributed by atoms with E-state index in [9.17, 15) is 18.0 Å². The molecule has 160 valence electrons. The number of halogens is 3. The Hall–Kier alpha value is -2.77. The summed E-state index contributed by atoms with van der Waals surface area (Å²) in [5, 5.41) is 0. The Morgan fingerprint density at radius 2 is 1.87 bits per heavy atom. The van der Waals surface area contributed by atoms with Crippen LogP contribution in [0.3, 0.4) is 0 Å². The number of benzene rings is 1. The van der Waals surface area contributed by atoms with Crippen molar-refractivity contribution in [3.05, 3.63) is 53.9 Å². The van der Waals surface area contributed by atoms with Gasteiger partial charge in [-0.2, -0.15) is 13.2 Å². The maximum Gasteiger partial charge on any atom is 0.418 e. The Labute approximate surface area is 172 Å². The lowest BCUT2D eigenvalue weighted by Gasteiger charge is -2.51. The number of carbonyl (C=O) groups excluding carboxylic acids is 1. The molecule has 5 nitrogen and oxygen atoms in total. The number of pyridine rings is 1. The summed E-state index contributed by atoms with van der Waals surface area (Å²) in [5.74, 6) is 0.677. The molecular weight excluding hydrogens is 397 g/mol. The number of hydrogen-bond donors (Lipinski definition) is 0. The molecule has 1 amide bonds. The highest BCUT2D eigenvalue weighted by Crippen LogP contribution is 2.50. The maximum atomic E-state index is 12.8. The van der Waals surface area contributed by atoms with Gasteiger partial charge in [-0.25, -0.2) is 4.79 Å². The SMILES string of the molecule is Cc1cccc(OC2CC3(CCN(C(=O)Oc4cncc(C(F)(F)F)c4)CC3)C2)c1. The number of alkyl halides is 3. The van der Waals surface area contributed by atoms with Gasteiger partial charge in [-0.3, -0.25) is 4.98 Å². The molecule has 1 aromatic heterocycles. The normalized spacial score (nSPS) is 18.7. The van der Waals surface area contributed by atoms with Crippen LogP contribution in [0.4, 0.5) is 18.0 Å². The Morgan fingerprint density at radius 3 is 2.53 bits per heavy atom. The molecule has 0 radical (unpaired) electrons. The van der Waals surface area contributed by atoms with Crippen molar-refractivity contribution in [1.82, 2.24) is 9.88 Å². The van der Waals surface area contributed by atoms with Crippen LogP contribution in [0.2, 0.25) is 0 Å². The average molecular weight is 420 g/mol. The molecule has 1 aliphatic carbocycles. The topological polar surface area (TPSA) is 51.7 Å². The highest BCUT2D eigenvalue weighted by molar-refractivity contribution is 5.70. The Kier molecular flexibility index (Phi) is 5.34. The first-order valence-corrected chi connectivity index (χ1v) is 9.95. The fourth-order valence-corrected chi connectivity index (χ4v) is 4.24. The van der Waals surface area contributed by atoms with Crippen molar-refractivity contribution < 1.29 is 27.4 Å². The van der Waals surface area contributed by atoms with E-state index in [0.29, 0.717) is 19.3 Å². The number of hydrogen-bond acceptors (Lipinski definition) is 4. The summed E-state index contributed by atoms with van der Waals surface area (Å²) >= 11 is 0. The second-order valence-corrected chi connectivity index (χ2v) is 8.23. The van der Waals surface area contributed by atoms with Crippen molar-refractivity contribution in [2.45, 2.75) is 44.9 Å². The van der Waals surface area contributed by atoms with Crippen molar-refractivity contribution in [3.8, 4) is 11.5 Å². The second-order valence-electron chi connectivity index (χ2n) is 8.23. The highest BCUT2D eigenvalue weighted by Gasteiger charge is 2.47. The zero-order valence-electron chi connectivity index (χ0n) is 16.6. The molecule has 2 aromatic rings. The van der Waals surface area contributed by atoms with Gasteiger partial charge in [-0.05, 0) is 61.8 Å². The van der Waals surface area contributed by atoms with Crippen molar-refractivity contribution >= 4 is 6.09 Å². The molecule has 0 N–H and O–H groups in total.